The molecule has 4 heterocycles. The maximum atomic E-state index is 13.0. The number of hydrogen-bond acceptors (Lipinski definition) is 7. The molecule has 1 saturated heterocycles. The quantitative estimate of drug-likeness (QED) is 0.618. The minimum Gasteiger partial charge on any atom is -0.342 e. The molecule has 2 amide bonds. The number of piperidine rings is 1. The van der Waals surface area contributed by atoms with Crippen LogP contribution in [0.4, 0.5) is 5.13 Å². The monoisotopic (exact) mass is 467 g/mol. The number of anilines is 1. The van der Waals surface area contributed by atoms with E-state index in [1.54, 1.807) is 4.68 Å². The second kappa shape index (κ2) is 9.38. The van der Waals surface area contributed by atoms with E-state index >= 15 is 0 Å². The Morgan fingerprint density at radius 1 is 1.03 bits per heavy atom. The third-order valence-corrected chi connectivity index (χ3v) is 6.87. The molecule has 1 aliphatic rings. The molecule has 4 rings (SSSR count). The van der Waals surface area contributed by atoms with Crippen LogP contribution in [0.25, 0.3) is 5.95 Å². The Morgan fingerprint density at radius 3 is 2.30 bits per heavy atom. The predicted molar refractivity (Wildman–Crippen MR) is 127 cm³/mol. The first kappa shape index (κ1) is 23.0. The molecule has 0 unspecified atom stereocenters. The van der Waals surface area contributed by atoms with Crippen molar-refractivity contribution >= 4 is 28.3 Å². The normalized spacial score (nSPS) is 14.5. The Labute approximate surface area is 197 Å². The second-order valence-electron chi connectivity index (χ2n) is 8.63. The summed E-state index contributed by atoms with van der Waals surface area (Å²) in [6, 6.07) is 1.92. The fourth-order valence-corrected chi connectivity index (χ4v) is 4.89. The lowest BCUT2D eigenvalue weighted by Gasteiger charge is -2.31. The lowest BCUT2D eigenvalue weighted by molar-refractivity contribution is -0.133. The number of likely N-dealkylation sites (tertiary alicyclic amines) is 1. The Morgan fingerprint density at radius 2 is 1.70 bits per heavy atom. The number of nitrogens with zero attached hydrogens (tertiary/aromatic N) is 6. The number of carbonyl (C=O) groups excluding carboxylic acids is 2. The van der Waals surface area contributed by atoms with Crippen LogP contribution in [-0.4, -0.2) is 54.5 Å². The summed E-state index contributed by atoms with van der Waals surface area (Å²) in [7, 11) is 0. The van der Waals surface area contributed by atoms with Gasteiger partial charge in [0.1, 0.15) is 0 Å². The van der Waals surface area contributed by atoms with E-state index in [0.717, 1.165) is 34.0 Å². The zero-order valence-electron chi connectivity index (χ0n) is 19.7. The van der Waals surface area contributed by atoms with Gasteiger partial charge in [-0.05, 0) is 53.5 Å². The molecule has 9 nitrogen and oxygen atoms in total. The van der Waals surface area contributed by atoms with Crippen molar-refractivity contribution in [2.75, 3.05) is 18.4 Å². The minimum absolute atomic E-state index is 0.0159. The molecule has 3 aromatic heterocycles. The molecule has 0 saturated carbocycles. The van der Waals surface area contributed by atoms with Gasteiger partial charge in [0.05, 0.1) is 17.8 Å². The zero-order chi connectivity index (χ0) is 23.7. The number of rotatable bonds is 5. The molecule has 0 aliphatic carbocycles. The molecule has 0 atom stereocenters. The molecule has 1 aliphatic heterocycles. The van der Waals surface area contributed by atoms with Crippen LogP contribution in [0.15, 0.2) is 11.4 Å². The summed E-state index contributed by atoms with van der Waals surface area (Å²) < 4.78 is 1.72. The second-order valence-corrected chi connectivity index (χ2v) is 9.49. The van der Waals surface area contributed by atoms with Crippen molar-refractivity contribution in [3.63, 3.8) is 0 Å². The first-order valence-electron chi connectivity index (χ1n) is 11.1. The number of carbonyl (C=O) groups is 2. The van der Waals surface area contributed by atoms with Gasteiger partial charge < -0.3 is 10.2 Å². The van der Waals surface area contributed by atoms with Gasteiger partial charge in [-0.2, -0.15) is 5.10 Å². The van der Waals surface area contributed by atoms with Crippen LogP contribution >= 0.6 is 11.3 Å². The fraction of sp³-hybridized carbons (Fsp3) is 0.478. The van der Waals surface area contributed by atoms with Crippen LogP contribution in [0.5, 0.6) is 0 Å². The van der Waals surface area contributed by atoms with Crippen LogP contribution in [-0.2, 0) is 16.0 Å². The third-order valence-electron chi connectivity index (χ3n) is 6.00. The summed E-state index contributed by atoms with van der Waals surface area (Å²) in [6.07, 6.45) is 1.57. The lowest BCUT2D eigenvalue weighted by atomic mass is 9.95. The molecular weight excluding hydrogens is 438 g/mol. The van der Waals surface area contributed by atoms with Gasteiger partial charge >= 0.3 is 0 Å². The van der Waals surface area contributed by atoms with Crippen molar-refractivity contribution < 1.29 is 9.59 Å². The lowest BCUT2D eigenvalue weighted by Crippen LogP contribution is -2.42. The van der Waals surface area contributed by atoms with Gasteiger partial charge in [0.25, 0.3) is 5.95 Å². The highest BCUT2D eigenvalue weighted by atomic mass is 32.1. The predicted octanol–water partition coefficient (Wildman–Crippen LogP) is 3.08. The molecular formula is C23H29N7O2S. The molecule has 0 radical (unpaired) electrons. The first-order valence-corrected chi connectivity index (χ1v) is 12.0. The third kappa shape index (κ3) is 5.11. The minimum atomic E-state index is -0.105. The van der Waals surface area contributed by atoms with Crippen molar-refractivity contribution in [3.05, 3.63) is 45.5 Å². The van der Waals surface area contributed by atoms with Crippen molar-refractivity contribution in [3.8, 4) is 5.95 Å². The average molecular weight is 468 g/mol. The highest BCUT2D eigenvalue weighted by Gasteiger charge is 2.29. The molecule has 1 fully saturated rings. The highest BCUT2D eigenvalue weighted by molar-refractivity contribution is 7.13. The average Bonchev–Trinajstić information content (AvgIpc) is 3.30. The van der Waals surface area contributed by atoms with Gasteiger partial charge in [0, 0.05) is 47.0 Å². The van der Waals surface area contributed by atoms with Gasteiger partial charge in [-0.15, -0.1) is 11.3 Å². The Balaban J connectivity index is 1.38. The molecule has 33 heavy (non-hydrogen) atoms. The smallest absolute Gasteiger partial charge is 0.251 e. The Kier molecular flexibility index (Phi) is 6.55. The SMILES string of the molecule is Cc1cc(C)nc(-n2nc(C)c(CC(=O)N3CCC(C(=O)Nc4nc(C)cs4)CC3)c2C)n1. The number of aryl methyl sites for hydroxylation is 4. The van der Waals surface area contributed by atoms with Crippen molar-refractivity contribution in [1.29, 1.82) is 0 Å². The number of nitrogens with one attached hydrogen (secondary N) is 1. The van der Waals surface area contributed by atoms with E-state index < -0.39 is 0 Å². The van der Waals surface area contributed by atoms with Crippen LogP contribution < -0.4 is 5.32 Å². The van der Waals surface area contributed by atoms with Gasteiger partial charge in [-0.1, -0.05) is 0 Å². The van der Waals surface area contributed by atoms with Crippen LogP contribution in [0.3, 0.4) is 0 Å². The largest absolute Gasteiger partial charge is 0.342 e. The molecule has 0 aromatic carbocycles. The van der Waals surface area contributed by atoms with Gasteiger partial charge in [0.2, 0.25) is 11.8 Å². The van der Waals surface area contributed by atoms with Crippen molar-refractivity contribution in [2.24, 2.45) is 5.92 Å². The molecule has 3 aromatic rings. The molecule has 0 spiro atoms. The highest BCUT2D eigenvalue weighted by Crippen LogP contribution is 2.23. The molecule has 1 N–H and O–H groups in total. The number of thiazole rings is 1. The maximum absolute atomic E-state index is 13.0. The van der Waals surface area contributed by atoms with Crippen LogP contribution in [0.2, 0.25) is 0 Å². The summed E-state index contributed by atoms with van der Waals surface area (Å²) in [6.45, 7) is 10.7. The topological polar surface area (TPSA) is 106 Å². The standard InChI is InChI=1S/C23H29N7O2S/c1-13-10-14(2)25-22(24-13)30-17(5)19(16(4)28-30)11-20(31)29-8-6-18(7-9-29)21(32)27-23-26-15(3)12-33-23/h10,12,18H,6-9,11H2,1-5H3,(H,26,27,32). The summed E-state index contributed by atoms with van der Waals surface area (Å²) in [5, 5.41) is 10.0. The summed E-state index contributed by atoms with van der Waals surface area (Å²) in [5.74, 6) is 0.453. The number of aromatic nitrogens is 5. The van der Waals surface area contributed by atoms with Crippen LogP contribution in [0, 0.1) is 40.5 Å². The summed E-state index contributed by atoms with van der Waals surface area (Å²) >= 11 is 1.43. The van der Waals surface area contributed by atoms with Crippen molar-refractivity contribution in [1.82, 2.24) is 29.6 Å². The fourth-order valence-electron chi connectivity index (χ4n) is 4.20. The van der Waals surface area contributed by atoms with Crippen molar-refractivity contribution in [2.45, 2.75) is 53.9 Å². The molecule has 174 valence electrons. The molecule has 10 heteroatoms. The summed E-state index contributed by atoms with van der Waals surface area (Å²) in [4.78, 5) is 40.7. The summed E-state index contributed by atoms with van der Waals surface area (Å²) in [5.41, 5.74) is 5.23. The van der Waals surface area contributed by atoms with Crippen LogP contribution in [0.1, 0.15) is 46.9 Å². The first-order chi connectivity index (χ1) is 15.7. The van der Waals surface area contributed by atoms with E-state index in [-0.39, 0.29) is 24.2 Å². The van der Waals surface area contributed by atoms with Gasteiger partial charge in [0.15, 0.2) is 5.13 Å². The molecule has 0 bridgehead atoms. The van der Waals surface area contributed by atoms with Gasteiger partial charge in [-0.3, -0.25) is 9.59 Å². The van der Waals surface area contributed by atoms with E-state index in [2.05, 4.69) is 25.4 Å². The number of amides is 2. The maximum Gasteiger partial charge on any atom is 0.251 e. The Hall–Kier alpha value is -3.14. The van der Waals surface area contributed by atoms with E-state index in [0.29, 0.717) is 37.0 Å². The van der Waals surface area contributed by atoms with E-state index in [9.17, 15) is 9.59 Å². The zero-order valence-corrected chi connectivity index (χ0v) is 20.5. The van der Waals surface area contributed by atoms with E-state index in [1.807, 2.05) is 51.0 Å². The van der Waals surface area contributed by atoms with E-state index in [4.69, 9.17) is 0 Å². The van der Waals surface area contributed by atoms with E-state index in [1.165, 1.54) is 11.3 Å². The number of hydrogen-bond donors (Lipinski definition) is 1. The Bertz CT molecular complexity index is 1170. The van der Waals surface area contributed by atoms with Gasteiger partial charge in [-0.25, -0.2) is 19.6 Å².